The standard InChI is InChI=1S/C17H12N4O5/c1-6-3-8-9(5-11(22)26-10(8)4-7(6)2)12-15(23)19-14-13(18-12)16(24)21-17(25)20-14/h3-5H,1-2H3,(H3,19,20,21,23,24,25). The molecule has 0 aliphatic heterocycles. The van der Waals surface area contributed by atoms with Crippen molar-refractivity contribution in [2.75, 3.05) is 0 Å². The first-order valence-corrected chi connectivity index (χ1v) is 7.65. The summed E-state index contributed by atoms with van der Waals surface area (Å²) in [6.45, 7) is 3.76. The molecule has 4 aromatic rings. The van der Waals surface area contributed by atoms with Gasteiger partial charge in [-0.05, 0) is 37.1 Å². The van der Waals surface area contributed by atoms with Crippen LogP contribution < -0.4 is 22.4 Å². The van der Waals surface area contributed by atoms with Crippen LogP contribution in [-0.2, 0) is 0 Å². The topological polar surface area (TPSA) is 142 Å². The summed E-state index contributed by atoms with van der Waals surface area (Å²) in [7, 11) is 0. The molecule has 1 aromatic carbocycles. The number of nitrogens with one attached hydrogen (secondary N) is 3. The van der Waals surface area contributed by atoms with Crippen LogP contribution in [0, 0.1) is 13.8 Å². The van der Waals surface area contributed by atoms with Crippen LogP contribution in [0.15, 0.2) is 41.8 Å². The third-order valence-corrected chi connectivity index (χ3v) is 4.21. The van der Waals surface area contributed by atoms with Gasteiger partial charge >= 0.3 is 11.3 Å². The van der Waals surface area contributed by atoms with Gasteiger partial charge < -0.3 is 9.40 Å². The Morgan fingerprint density at radius 3 is 2.38 bits per heavy atom. The Morgan fingerprint density at radius 1 is 0.885 bits per heavy atom. The SMILES string of the molecule is Cc1cc2oc(=O)cc(-c3nc4c(=O)[nH]c(=O)[nH]c4[nH]c3=O)c2cc1C. The average Bonchev–Trinajstić information content (AvgIpc) is 2.55. The van der Waals surface area contributed by atoms with Gasteiger partial charge in [0.15, 0.2) is 5.52 Å². The molecule has 3 heterocycles. The highest BCUT2D eigenvalue weighted by atomic mass is 16.4. The molecule has 3 N–H and O–H groups in total. The molecule has 0 bridgehead atoms. The van der Waals surface area contributed by atoms with E-state index in [1.807, 2.05) is 18.8 Å². The molecule has 0 saturated carbocycles. The summed E-state index contributed by atoms with van der Waals surface area (Å²) >= 11 is 0. The van der Waals surface area contributed by atoms with Gasteiger partial charge in [-0.15, -0.1) is 0 Å². The summed E-state index contributed by atoms with van der Waals surface area (Å²) in [5, 5.41) is 0.519. The van der Waals surface area contributed by atoms with Gasteiger partial charge in [0.1, 0.15) is 16.9 Å². The van der Waals surface area contributed by atoms with Crippen molar-refractivity contribution in [3.8, 4) is 11.3 Å². The van der Waals surface area contributed by atoms with Crippen LogP contribution in [-0.4, -0.2) is 19.9 Å². The molecule has 4 rings (SSSR count). The molecule has 0 aliphatic carbocycles. The molecular weight excluding hydrogens is 340 g/mol. The lowest BCUT2D eigenvalue weighted by molar-refractivity contribution is 0.561. The number of aromatic nitrogens is 4. The van der Waals surface area contributed by atoms with Crippen LogP contribution >= 0.6 is 0 Å². The van der Waals surface area contributed by atoms with Crippen LogP contribution in [0.25, 0.3) is 33.4 Å². The summed E-state index contributed by atoms with van der Waals surface area (Å²) in [6, 6.07) is 4.64. The molecule has 3 aromatic heterocycles. The highest BCUT2D eigenvalue weighted by Crippen LogP contribution is 2.26. The van der Waals surface area contributed by atoms with E-state index in [1.54, 1.807) is 12.1 Å². The number of nitrogens with zero attached hydrogens (tertiary/aromatic N) is 1. The third-order valence-electron chi connectivity index (χ3n) is 4.21. The van der Waals surface area contributed by atoms with Crippen molar-refractivity contribution in [2.45, 2.75) is 13.8 Å². The lowest BCUT2D eigenvalue weighted by Crippen LogP contribution is -2.26. The average molecular weight is 352 g/mol. The van der Waals surface area contributed by atoms with Crippen molar-refractivity contribution in [1.82, 2.24) is 19.9 Å². The minimum atomic E-state index is -0.760. The number of hydrogen-bond acceptors (Lipinski definition) is 6. The van der Waals surface area contributed by atoms with Gasteiger partial charge in [0.2, 0.25) is 0 Å². The molecule has 9 heteroatoms. The Kier molecular flexibility index (Phi) is 3.26. The van der Waals surface area contributed by atoms with E-state index in [9.17, 15) is 19.2 Å². The molecule has 0 amide bonds. The minimum Gasteiger partial charge on any atom is -0.423 e. The summed E-state index contributed by atoms with van der Waals surface area (Å²) in [6.07, 6.45) is 0. The van der Waals surface area contributed by atoms with E-state index in [2.05, 4.69) is 15.0 Å². The van der Waals surface area contributed by atoms with Crippen molar-refractivity contribution >= 4 is 22.1 Å². The fraction of sp³-hybridized carbons (Fsp3) is 0.118. The molecule has 0 saturated heterocycles. The van der Waals surface area contributed by atoms with Gasteiger partial charge in [0, 0.05) is 17.0 Å². The Labute approximate surface area is 143 Å². The molecule has 0 unspecified atom stereocenters. The monoisotopic (exact) mass is 352 g/mol. The Bertz CT molecular complexity index is 1440. The zero-order valence-corrected chi connectivity index (χ0v) is 13.7. The van der Waals surface area contributed by atoms with Crippen molar-refractivity contribution in [2.24, 2.45) is 0 Å². The maximum Gasteiger partial charge on any atom is 0.336 e. The van der Waals surface area contributed by atoms with E-state index in [0.717, 1.165) is 17.2 Å². The molecule has 0 fully saturated rings. The lowest BCUT2D eigenvalue weighted by Gasteiger charge is -2.08. The second-order valence-electron chi connectivity index (χ2n) is 5.96. The number of aryl methyl sites for hydroxylation is 2. The van der Waals surface area contributed by atoms with E-state index in [1.165, 1.54) is 0 Å². The predicted octanol–water partition coefficient (Wildman–Crippen LogP) is 0.690. The molecule has 0 spiro atoms. The summed E-state index contributed by atoms with van der Waals surface area (Å²) < 4.78 is 5.22. The molecule has 26 heavy (non-hydrogen) atoms. The van der Waals surface area contributed by atoms with Gasteiger partial charge in [-0.3, -0.25) is 19.6 Å². The quantitative estimate of drug-likeness (QED) is 0.430. The van der Waals surface area contributed by atoms with Crippen molar-refractivity contribution in [3.05, 3.63) is 70.9 Å². The van der Waals surface area contributed by atoms with Crippen LogP contribution in [0.2, 0.25) is 0 Å². The zero-order valence-electron chi connectivity index (χ0n) is 13.7. The van der Waals surface area contributed by atoms with E-state index in [0.29, 0.717) is 11.0 Å². The summed E-state index contributed by atoms with van der Waals surface area (Å²) in [5.74, 6) is 0. The first kappa shape index (κ1) is 15.8. The van der Waals surface area contributed by atoms with Crippen LogP contribution in [0.3, 0.4) is 0 Å². The number of hydrogen-bond donors (Lipinski definition) is 3. The van der Waals surface area contributed by atoms with Gasteiger partial charge in [0.05, 0.1) is 0 Å². The Balaban J connectivity index is 2.17. The Morgan fingerprint density at radius 2 is 1.62 bits per heavy atom. The predicted molar refractivity (Wildman–Crippen MR) is 94.6 cm³/mol. The zero-order chi connectivity index (χ0) is 18.6. The van der Waals surface area contributed by atoms with Crippen LogP contribution in [0.5, 0.6) is 0 Å². The fourth-order valence-electron chi connectivity index (χ4n) is 2.81. The normalized spacial score (nSPS) is 11.3. The minimum absolute atomic E-state index is 0.0909. The maximum atomic E-state index is 12.5. The summed E-state index contributed by atoms with van der Waals surface area (Å²) in [5.41, 5.74) is -0.742. The first-order valence-electron chi connectivity index (χ1n) is 7.65. The van der Waals surface area contributed by atoms with Crippen molar-refractivity contribution in [3.63, 3.8) is 0 Å². The fourth-order valence-corrected chi connectivity index (χ4v) is 2.81. The lowest BCUT2D eigenvalue weighted by atomic mass is 10.0. The van der Waals surface area contributed by atoms with Gasteiger partial charge in [-0.25, -0.2) is 14.6 Å². The van der Waals surface area contributed by atoms with E-state index in [-0.39, 0.29) is 22.4 Å². The number of benzene rings is 1. The molecular formula is C17H12N4O5. The van der Waals surface area contributed by atoms with Crippen LogP contribution in [0.1, 0.15) is 11.1 Å². The van der Waals surface area contributed by atoms with Crippen molar-refractivity contribution in [1.29, 1.82) is 0 Å². The third kappa shape index (κ3) is 2.37. The number of aromatic amines is 3. The number of rotatable bonds is 1. The molecule has 0 radical (unpaired) electrons. The smallest absolute Gasteiger partial charge is 0.336 e. The molecule has 130 valence electrons. The van der Waals surface area contributed by atoms with Gasteiger partial charge in [-0.1, -0.05) is 0 Å². The molecule has 0 atom stereocenters. The molecule has 9 nitrogen and oxygen atoms in total. The van der Waals surface area contributed by atoms with Crippen LogP contribution in [0.4, 0.5) is 0 Å². The Hall–Kier alpha value is -3.75. The highest BCUT2D eigenvalue weighted by Gasteiger charge is 2.16. The van der Waals surface area contributed by atoms with E-state index in [4.69, 9.17) is 4.42 Å². The largest absolute Gasteiger partial charge is 0.423 e. The second-order valence-corrected chi connectivity index (χ2v) is 5.96. The van der Waals surface area contributed by atoms with Gasteiger partial charge in [-0.2, -0.15) is 0 Å². The highest BCUT2D eigenvalue weighted by molar-refractivity contribution is 5.93. The molecule has 0 aliphatic rings. The maximum absolute atomic E-state index is 12.5. The summed E-state index contributed by atoms with van der Waals surface area (Å²) in [4.78, 5) is 58.6. The van der Waals surface area contributed by atoms with Crippen molar-refractivity contribution < 1.29 is 4.42 Å². The van der Waals surface area contributed by atoms with E-state index < -0.39 is 22.4 Å². The van der Waals surface area contributed by atoms with E-state index >= 15 is 0 Å². The first-order chi connectivity index (χ1) is 12.3. The number of fused-ring (bicyclic) bond motifs is 2. The van der Waals surface area contributed by atoms with Gasteiger partial charge in [0.25, 0.3) is 11.1 Å². The number of H-pyrrole nitrogens is 3. The second kappa shape index (κ2) is 5.38.